The number of thiophene rings is 1. The summed E-state index contributed by atoms with van der Waals surface area (Å²) in [6, 6.07) is 1.25. The van der Waals surface area contributed by atoms with Crippen LogP contribution >= 0.6 is 11.3 Å². The number of fused-ring (bicyclic) bond motifs is 1. The van der Waals surface area contributed by atoms with Crippen molar-refractivity contribution in [1.82, 2.24) is 20.2 Å². The molecule has 8 nitrogen and oxygen atoms in total. The predicted octanol–water partition coefficient (Wildman–Crippen LogP) is 0.398. The van der Waals surface area contributed by atoms with Crippen LogP contribution in [-0.4, -0.2) is 59.5 Å². The zero-order valence-electron chi connectivity index (χ0n) is 12.6. The average molecular weight is 334 g/mol. The number of hydrogen-bond donors (Lipinski definition) is 2. The third-order valence-corrected chi connectivity index (χ3v) is 4.65. The van der Waals surface area contributed by atoms with Gasteiger partial charge in [0, 0.05) is 39.1 Å². The Balaban J connectivity index is 1.53. The lowest BCUT2D eigenvalue weighted by Gasteiger charge is -2.35. The molecule has 1 saturated heterocycles. The van der Waals surface area contributed by atoms with Gasteiger partial charge in [0.15, 0.2) is 0 Å². The lowest BCUT2D eigenvalue weighted by molar-refractivity contribution is -0.120. The van der Waals surface area contributed by atoms with E-state index in [1.807, 2.05) is 5.38 Å². The maximum Gasteiger partial charge on any atom is 0.318 e. The molecule has 3 rings (SSSR count). The Labute approximate surface area is 137 Å². The van der Waals surface area contributed by atoms with E-state index in [2.05, 4.69) is 31.2 Å². The second kappa shape index (κ2) is 6.88. The number of nitrogens with zero attached hydrogens (tertiary/aromatic N) is 4. The quantitative estimate of drug-likeness (QED) is 0.838. The van der Waals surface area contributed by atoms with Crippen molar-refractivity contribution in [2.75, 3.05) is 37.6 Å². The number of anilines is 1. The average Bonchev–Trinajstić information content (AvgIpc) is 3.01. The molecule has 3 amide bonds. The fraction of sp³-hybridized carbons (Fsp3) is 0.429. The number of amides is 3. The van der Waals surface area contributed by atoms with Gasteiger partial charge in [-0.2, -0.15) is 0 Å². The molecule has 23 heavy (non-hydrogen) atoms. The molecule has 2 aromatic rings. The number of imide groups is 1. The van der Waals surface area contributed by atoms with Crippen molar-refractivity contribution in [3.63, 3.8) is 0 Å². The van der Waals surface area contributed by atoms with Crippen LogP contribution in [0.15, 0.2) is 17.8 Å². The van der Waals surface area contributed by atoms with Gasteiger partial charge < -0.3 is 10.6 Å². The first kappa shape index (κ1) is 15.6. The van der Waals surface area contributed by atoms with Gasteiger partial charge in [-0.15, -0.1) is 11.3 Å². The summed E-state index contributed by atoms with van der Waals surface area (Å²) in [4.78, 5) is 36.2. The molecule has 1 fully saturated rings. The van der Waals surface area contributed by atoms with Crippen molar-refractivity contribution >= 4 is 39.3 Å². The smallest absolute Gasteiger partial charge is 0.318 e. The molecule has 122 valence electrons. The molecule has 0 aromatic carbocycles. The van der Waals surface area contributed by atoms with Crippen LogP contribution in [0.5, 0.6) is 0 Å². The highest BCUT2D eigenvalue weighted by Gasteiger charge is 2.20. The number of urea groups is 1. The van der Waals surface area contributed by atoms with Crippen LogP contribution in [0.2, 0.25) is 0 Å². The number of aromatic nitrogens is 2. The molecule has 2 aromatic heterocycles. The van der Waals surface area contributed by atoms with E-state index < -0.39 is 6.03 Å². The number of nitrogens with two attached hydrogens (primary N) is 1. The Morgan fingerprint density at radius 3 is 2.78 bits per heavy atom. The number of hydrogen-bond acceptors (Lipinski definition) is 7. The SMILES string of the molecule is NC(=O)NC(=O)CCN1CCN(c2ncnc3sccc23)CC1. The zero-order valence-corrected chi connectivity index (χ0v) is 13.4. The summed E-state index contributed by atoms with van der Waals surface area (Å²) in [5.41, 5.74) is 4.92. The molecule has 1 aliphatic rings. The first-order valence-corrected chi connectivity index (χ1v) is 8.26. The largest absolute Gasteiger partial charge is 0.353 e. The molecule has 3 N–H and O–H groups in total. The third-order valence-electron chi connectivity index (χ3n) is 3.83. The number of carbonyl (C=O) groups is 2. The van der Waals surface area contributed by atoms with Crippen LogP contribution in [0, 0.1) is 0 Å². The fourth-order valence-corrected chi connectivity index (χ4v) is 3.40. The van der Waals surface area contributed by atoms with Crippen LogP contribution in [0.25, 0.3) is 10.2 Å². The highest BCUT2D eigenvalue weighted by molar-refractivity contribution is 7.16. The molecule has 0 bridgehead atoms. The van der Waals surface area contributed by atoms with E-state index >= 15 is 0 Å². The van der Waals surface area contributed by atoms with Crippen LogP contribution in [0.1, 0.15) is 6.42 Å². The molecule has 9 heteroatoms. The Morgan fingerprint density at radius 1 is 1.26 bits per heavy atom. The normalized spacial score (nSPS) is 15.7. The number of piperazine rings is 1. The summed E-state index contributed by atoms with van der Waals surface area (Å²) in [7, 11) is 0. The van der Waals surface area contributed by atoms with Crippen molar-refractivity contribution in [3.05, 3.63) is 17.8 Å². The lowest BCUT2D eigenvalue weighted by Crippen LogP contribution is -2.48. The number of carbonyl (C=O) groups excluding carboxylic acids is 2. The van der Waals surface area contributed by atoms with Crippen molar-refractivity contribution in [2.24, 2.45) is 5.73 Å². The Kier molecular flexibility index (Phi) is 4.68. The van der Waals surface area contributed by atoms with E-state index in [4.69, 9.17) is 5.73 Å². The monoisotopic (exact) mass is 334 g/mol. The predicted molar refractivity (Wildman–Crippen MR) is 88.4 cm³/mol. The van der Waals surface area contributed by atoms with Crippen molar-refractivity contribution in [3.8, 4) is 0 Å². The molecular formula is C14H18N6O2S. The van der Waals surface area contributed by atoms with Gasteiger partial charge >= 0.3 is 6.03 Å². The first-order valence-electron chi connectivity index (χ1n) is 7.38. The molecule has 1 aliphatic heterocycles. The van der Waals surface area contributed by atoms with E-state index in [9.17, 15) is 9.59 Å². The topological polar surface area (TPSA) is 104 Å². The van der Waals surface area contributed by atoms with Gasteiger partial charge in [0.1, 0.15) is 17.0 Å². The van der Waals surface area contributed by atoms with Crippen molar-refractivity contribution in [2.45, 2.75) is 6.42 Å². The van der Waals surface area contributed by atoms with E-state index in [-0.39, 0.29) is 12.3 Å². The van der Waals surface area contributed by atoms with E-state index in [1.54, 1.807) is 17.7 Å². The first-order chi connectivity index (χ1) is 11.1. The minimum absolute atomic E-state index is 0.269. The van der Waals surface area contributed by atoms with Gasteiger partial charge in [-0.1, -0.05) is 0 Å². The van der Waals surface area contributed by atoms with Gasteiger partial charge in [0.2, 0.25) is 5.91 Å². The highest BCUT2D eigenvalue weighted by atomic mass is 32.1. The van der Waals surface area contributed by atoms with Gasteiger partial charge in [-0.25, -0.2) is 14.8 Å². The summed E-state index contributed by atoms with van der Waals surface area (Å²) in [5, 5.41) is 5.20. The molecule has 0 saturated carbocycles. The molecule has 0 spiro atoms. The number of primary amides is 1. The Morgan fingerprint density at radius 2 is 2.04 bits per heavy atom. The summed E-state index contributed by atoms with van der Waals surface area (Å²) in [6.07, 6.45) is 1.87. The maximum absolute atomic E-state index is 11.4. The molecule has 0 unspecified atom stereocenters. The van der Waals surface area contributed by atoms with Gasteiger partial charge in [-0.3, -0.25) is 15.0 Å². The zero-order chi connectivity index (χ0) is 16.2. The highest BCUT2D eigenvalue weighted by Crippen LogP contribution is 2.27. The summed E-state index contributed by atoms with van der Waals surface area (Å²) in [5.74, 6) is 0.637. The Hall–Kier alpha value is -2.26. The van der Waals surface area contributed by atoms with Crippen molar-refractivity contribution < 1.29 is 9.59 Å². The second-order valence-electron chi connectivity index (χ2n) is 5.33. The van der Waals surface area contributed by atoms with E-state index in [1.165, 1.54) is 0 Å². The van der Waals surface area contributed by atoms with Crippen LogP contribution in [-0.2, 0) is 4.79 Å². The molecule has 0 atom stereocenters. The summed E-state index contributed by atoms with van der Waals surface area (Å²) >= 11 is 1.61. The molecule has 0 radical (unpaired) electrons. The molecule has 0 aliphatic carbocycles. The van der Waals surface area contributed by atoms with Gasteiger partial charge in [0.05, 0.1) is 5.39 Å². The minimum Gasteiger partial charge on any atom is -0.353 e. The lowest BCUT2D eigenvalue weighted by atomic mass is 10.2. The third kappa shape index (κ3) is 3.74. The van der Waals surface area contributed by atoms with E-state index in [0.29, 0.717) is 6.54 Å². The minimum atomic E-state index is -0.802. The summed E-state index contributed by atoms with van der Waals surface area (Å²) in [6.45, 7) is 4.00. The maximum atomic E-state index is 11.4. The molecular weight excluding hydrogens is 316 g/mol. The van der Waals surface area contributed by atoms with Crippen LogP contribution in [0.3, 0.4) is 0 Å². The number of rotatable bonds is 4. The van der Waals surface area contributed by atoms with Crippen LogP contribution in [0.4, 0.5) is 10.6 Å². The summed E-state index contributed by atoms with van der Waals surface area (Å²) < 4.78 is 0. The van der Waals surface area contributed by atoms with Gasteiger partial charge in [-0.05, 0) is 11.4 Å². The Bertz CT molecular complexity index is 710. The number of nitrogens with one attached hydrogen (secondary N) is 1. The van der Waals surface area contributed by atoms with E-state index in [0.717, 1.165) is 42.2 Å². The standard InChI is InChI=1S/C14H18N6O2S/c15-14(22)18-11(21)1-3-19-4-6-20(7-5-19)12-10-2-8-23-13(10)17-9-16-12/h2,8-9H,1,3-7H2,(H3,15,18,21,22). The van der Waals surface area contributed by atoms with Crippen molar-refractivity contribution in [1.29, 1.82) is 0 Å². The van der Waals surface area contributed by atoms with Gasteiger partial charge in [0.25, 0.3) is 0 Å². The molecule has 3 heterocycles. The van der Waals surface area contributed by atoms with Crippen LogP contribution < -0.4 is 16.0 Å². The second-order valence-corrected chi connectivity index (χ2v) is 6.22. The fourth-order valence-electron chi connectivity index (χ4n) is 2.67.